The highest BCUT2D eigenvalue weighted by Crippen LogP contribution is 2.24. The minimum Gasteiger partial charge on any atom is -0.309 e. The number of hydrogen-bond acceptors (Lipinski definition) is 1. The molecule has 0 atom stereocenters. The lowest BCUT2D eigenvalue weighted by atomic mass is 9.84. The molecule has 0 bridgehead atoms. The van der Waals surface area contributed by atoms with Gasteiger partial charge in [-0.15, -0.1) is 0 Å². The Labute approximate surface area is 90.7 Å². The van der Waals surface area contributed by atoms with Crippen LogP contribution in [0.15, 0.2) is 0 Å². The van der Waals surface area contributed by atoms with Crippen molar-refractivity contribution in [2.75, 3.05) is 0 Å². The predicted octanol–water partition coefficient (Wildman–Crippen LogP) is 3.98. The summed E-state index contributed by atoms with van der Waals surface area (Å²) in [5, 5.41) is 3.75. The molecule has 0 spiro atoms. The van der Waals surface area contributed by atoms with E-state index in [1.54, 1.807) is 0 Å². The minimum absolute atomic E-state index is 0.387. The smallest absolute Gasteiger partial charge is 0.0178 e. The lowest BCUT2D eigenvalue weighted by Gasteiger charge is -2.36. The van der Waals surface area contributed by atoms with Crippen molar-refractivity contribution in [1.82, 2.24) is 5.32 Å². The summed E-state index contributed by atoms with van der Waals surface area (Å²) in [4.78, 5) is 0. The molecule has 0 aromatic carbocycles. The van der Waals surface area contributed by atoms with E-state index in [9.17, 15) is 0 Å². The quantitative estimate of drug-likeness (QED) is 0.654. The maximum absolute atomic E-state index is 3.75. The largest absolute Gasteiger partial charge is 0.309 e. The molecule has 0 saturated carbocycles. The van der Waals surface area contributed by atoms with E-state index < -0.39 is 0 Å². The molecule has 14 heavy (non-hydrogen) atoms. The van der Waals surface area contributed by atoms with E-state index in [1.165, 1.54) is 25.7 Å². The third kappa shape index (κ3) is 4.99. The van der Waals surface area contributed by atoms with Gasteiger partial charge in [0, 0.05) is 11.6 Å². The van der Waals surface area contributed by atoms with Crippen LogP contribution < -0.4 is 5.32 Å². The molecule has 1 N–H and O–H groups in total. The standard InChI is InChI=1S/C13H29N/c1-7-13(8-2,14-12(5)6)10-9-11(3)4/h11-12,14H,7-10H2,1-6H3. The average molecular weight is 199 g/mol. The number of hydrogen-bond donors (Lipinski definition) is 1. The fraction of sp³-hybridized carbons (Fsp3) is 1.00. The Balaban J connectivity index is 4.21. The zero-order chi connectivity index (χ0) is 11.2. The van der Waals surface area contributed by atoms with Crippen LogP contribution in [0.25, 0.3) is 0 Å². The van der Waals surface area contributed by atoms with E-state index in [1.807, 2.05) is 0 Å². The fourth-order valence-corrected chi connectivity index (χ4v) is 2.06. The summed E-state index contributed by atoms with van der Waals surface area (Å²) in [5.41, 5.74) is 0.387. The molecule has 0 aliphatic carbocycles. The fourth-order valence-electron chi connectivity index (χ4n) is 2.06. The molecule has 1 nitrogen and oxygen atoms in total. The van der Waals surface area contributed by atoms with Crippen LogP contribution in [0.3, 0.4) is 0 Å². The molecule has 1 heteroatoms. The summed E-state index contributed by atoms with van der Waals surface area (Å²) in [6.07, 6.45) is 5.14. The molecule has 0 heterocycles. The van der Waals surface area contributed by atoms with E-state index in [-0.39, 0.29) is 0 Å². The first-order valence-electron chi connectivity index (χ1n) is 6.23. The van der Waals surface area contributed by atoms with Crippen molar-refractivity contribution in [3.05, 3.63) is 0 Å². The van der Waals surface area contributed by atoms with Crippen molar-refractivity contribution in [3.8, 4) is 0 Å². The Morgan fingerprint density at radius 1 is 1.00 bits per heavy atom. The van der Waals surface area contributed by atoms with Crippen LogP contribution in [0.5, 0.6) is 0 Å². The van der Waals surface area contributed by atoms with Crippen molar-refractivity contribution >= 4 is 0 Å². The summed E-state index contributed by atoms with van der Waals surface area (Å²) < 4.78 is 0. The monoisotopic (exact) mass is 199 g/mol. The first-order chi connectivity index (χ1) is 6.45. The second-order valence-corrected chi connectivity index (χ2v) is 5.22. The van der Waals surface area contributed by atoms with Crippen molar-refractivity contribution in [3.63, 3.8) is 0 Å². The van der Waals surface area contributed by atoms with Crippen LogP contribution >= 0.6 is 0 Å². The van der Waals surface area contributed by atoms with E-state index in [0.29, 0.717) is 11.6 Å². The van der Waals surface area contributed by atoms with Gasteiger partial charge in [0.25, 0.3) is 0 Å². The Morgan fingerprint density at radius 3 is 1.79 bits per heavy atom. The number of nitrogens with one attached hydrogen (secondary N) is 1. The predicted molar refractivity (Wildman–Crippen MR) is 65.7 cm³/mol. The maximum atomic E-state index is 3.75. The van der Waals surface area contributed by atoms with Gasteiger partial charge in [-0.2, -0.15) is 0 Å². The SMILES string of the molecule is CCC(CC)(CCC(C)C)NC(C)C. The van der Waals surface area contributed by atoms with Crippen LogP contribution in [0.2, 0.25) is 0 Å². The highest BCUT2D eigenvalue weighted by Gasteiger charge is 2.25. The van der Waals surface area contributed by atoms with Crippen molar-refractivity contribution in [1.29, 1.82) is 0 Å². The van der Waals surface area contributed by atoms with Gasteiger partial charge in [-0.3, -0.25) is 0 Å². The molecule has 0 rings (SSSR count). The summed E-state index contributed by atoms with van der Waals surface area (Å²) in [7, 11) is 0. The summed E-state index contributed by atoms with van der Waals surface area (Å²) in [5.74, 6) is 0.821. The molecule has 0 aromatic rings. The Hall–Kier alpha value is -0.0400. The van der Waals surface area contributed by atoms with Gasteiger partial charge in [-0.05, 0) is 31.6 Å². The van der Waals surface area contributed by atoms with Gasteiger partial charge in [0.1, 0.15) is 0 Å². The molecule has 0 amide bonds. The van der Waals surface area contributed by atoms with E-state index in [2.05, 4.69) is 46.9 Å². The highest BCUT2D eigenvalue weighted by atomic mass is 15.0. The maximum Gasteiger partial charge on any atom is 0.0178 e. The summed E-state index contributed by atoms with van der Waals surface area (Å²) in [6, 6.07) is 0.599. The molecule has 0 radical (unpaired) electrons. The second-order valence-electron chi connectivity index (χ2n) is 5.22. The molecule has 0 unspecified atom stereocenters. The van der Waals surface area contributed by atoms with Gasteiger partial charge < -0.3 is 5.32 Å². The molecule has 0 aromatic heterocycles. The highest BCUT2D eigenvalue weighted by molar-refractivity contribution is 4.86. The van der Waals surface area contributed by atoms with Gasteiger partial charge in [-0.1, -0.05) is 41.5 Å². The molecule has 86 valence electrons. The second kappa shape index (κ2) is 6.44. The normalized spacial score (nSPS) is 12.9. The van der Waals surface area contributed by atoms with Gasteiger partial charge in [0.05, 0.1) is 0 Å². The topological polar surface area (TPSA) is 12.0 Å². The zero-order valence-electron chi connectivity index (χ0n) is 11.0. The first-order valence-corrected chi connectivity index (χ1v) is 6.23. The Kier molecular flexibility index (Phi) is 6.43. The third-order valence-corrected chi connectivity index (χ3v) is 3.15. The van der Waals surface area contributed by atoms with Crippen LogP contribution in [-0.4, -0.2) is 11.6 Å². The lowest BCUT2D eigenvalue weighted by Crippen LogP contribution is -2.47. The molecule has 0 aliphatic heterocycles. The molecular weight excluding hydrogens is 170 g/mol. The molecule has 0 aliphatic rings. The lowest BCUT2D eigenvalue weighted by molar-refractivity contribution is 0.242. The summed E-state index contributed by atoms with van der Waals surface area (Å²) >= 11 is 0. The molecular formula is C13H29N. The van der Waals surface area contributed by atoms with Crippen molar-refractivity contribution in [2.24, 2.45) is 5.92 Å². The van der Waals surface area contributed by atoms with Crippen molar-refractivity contribution in [2.45, 2.75) is 78.8 Å². The van der Waals surface area contributed by atoms with Crippen molar-refractivity contribution < 1.29 is 0 Å². The zero-order valence-corrected chi connectivity index (χ0v) is 11.0. The Bertz CT molecular complexity index is 134. The van der Waals surface area contributed by atoms with Gasteiger partial charge in [-0.25, -0.2) is 0 Å². The average Bonchev–Trinajstić information content (AvgIpc) is 2.11. The van der Waals surface area contributed by atoms with Crippen LogP contribution in [0.4, 0.5) is 0 Å². The van der Waals surface area contributed by atoms with E-state index in [4.69, 9.17) is 0 Å². The molecule has 0 saturated heterocycles. The van der Waals surface area contributed by atoms with Gasteiger partial charge >= 0.3 is 0 Å². The van der Waals surface area contributed by atoms with Crippen LogP contribution in [0, 0.1) is 5.92 Å². The van der Waals surface area contributed by atoms with Gasteiger partial charge in [0.2, 0.25) is 0 Å². The summed E-state index contributed by atoms with van der Waals surface area (Å²) in [6.45, 7) is 13.7. The molecule has 0 fully saturated rings. The third-order valence-electron chi connectivity index (χ3n) is 3.15. The van der Waals surface area contributed by atoms with Crippen LogP contribution in [0.1, 0.15) is 67.2 Å². The van der Waals surface area contributed by atoms with Crippen LogP contribution in [-0.2, 0) is 0 Å². The van der Waals surface area contributed by atoms with E-state index in [0.717, 1.165) is 5.92 Å². The van der Waals surface area contributed by atoms with E-state index >= 15 is 0 Å². The first kappa shape index (κ1) is 14.0. The minimum atomic E-state index is 0.387. The number of rotatable bonds is 7. The van der Waals surface area contributed by atoms with Gasteiger partial charge in [0.15, 0.2) is 0 Å². The Morgan fingerprint density at radius 2 is 1.50 bits per heavy atom.